The molecule has 3 atom stereocenters. The summed E-state index contributed by atoms with van der Waals surface area (Å²) in [6.07, 6.45) is -0.207. The lowest BCUT2D eigenvalue weighted by atomic mass is 9.59. The minimum absolute atomic E-state index is 0.0654. The van der Waals surface area contributed by atoms with Crippen LogP contribution in [0.5, 0.6) is 0 Å². The zero-order valence-corrected chi connectivity index (χ0v) is 22.6. The molecule has 182 valence electrons. The minimum atomic E-state index is -1.27. The number of fused-ring (bicyclic) bond motifs is 2. The number of anilines is 1. The molecule has 0 aromatic heterocycles. The zero-order valence-electron chi connectivity index (χ0n) is 20.1. The summed E-state index contributed by atoms with van der Waals surface area (Å²) in [5.41, 5.74) is 1.31. The largest absolute Gasteiger partial charge is 0.379 e. The van der Waals surface area contributed by atoms with Gasteiger partial charge in [0.05, 0.1) is 11.8 Å². The van der Waals surface area contributed by atoms with E-state index in [4.69, 9.17) is 32.7 Å². The summed E-state index contributed by atoms with van der Waals surface area (Å²) < 4.78 is 11.9. The van der Waals surface area contributed by atoms with Crippen LogP contribution in [-0.2, 0) is 24.5 Å². The number of carbonyl (C=O) groups is 2. The molecule has 1 aliphatic carbocycles. The van der Waals surface area contributed by atoms with E-state index in [0.29, 0.717) is 22.3 Å². The summed E-state index contributed by atoms with van der Waals surface area (Å²) in [5, 5.41) is 1.10. The summed E-state index contributed by atoms with van der Waals surface area (Å²) in [4.78, 5) is 28.9. The SMILES string of the molecule is CO[C@H]1CC(=O)C[C@@H](c2cccc(Cl)c2)[C@]12C(=O)N(COCC[Si](C)(C)C)c1cc(Cl)ccc12. The van der Waals surface area contributed by atoms with Crippen LogP contribution in [0.25, 0.3) is 0 Å². The Kier molecular flexibility index (Phi) is 7.28. The average Bonchev–Trinajstić information content (AvgIpc) is 3.00. The van der Waals surface area contributed by atoms with Gasteiger partial charge in [0.1, 0.15) is 17.9 Å². The van der Waals surface area contributed by atoms with E-state index in [9.17, 15) is 9.59 Å². The van der Waals surface area contributed by atoms with Crippen LogP contribution in [0.4, 0.5) is 5.69 Å². The highest BCUT2D eigenvalue weighted by molar-refractivity contribution is 6.76. The minimum Gasteiger partial charge on any atom is -0.379 e. The molecule has 0 bridgehead atoms. The summed E-state index contributed by atoms with van der Waals surface area (Å²) in [5.74, 6) is -0.477. The average molecular weight is 521 g/mol. The molecule has 1 aliphatic heterocycles. The van der Waals surface area contributed by atoms with Gasteiger partial charge in [0.2, 0.25) is 5.91 Å². The molecule has 1 saturated carbocycles. The molecule has 1 amide bonds. The van der Waals surface area contributed by atoms with Gasteiger partial charge in [-0.1, -0.05) is 61.0 Å². The van der Waals surface area contributed by atoms with Crippen LogP contribution in [-0.4, -0.2) is 46.3 Å². The van der Waals surface area contributed by atoms with Gasteiger partial charge in [-0.3, -0.25) is 14.5 Å². The third-order valence-corrected chi connectivity index (χ3v) is 9.12. The summed E-state index contributed by atoms with van der Waals surface area (Å²) in [6, 6.07) is 13.9. The Morgan fingerprint density at radius 2 is 1.79 bits per heavy atom. The molecule has 0 radical (unpaired) electrons. The fraction of sp³-hybridized carbons (Fsp3) is 0.462. The van der Waals surface area contributed by atoms with Crippen LogP contribution in [0.3, 0.4) is 0 Å². The fourth-order valence-electron chi connectivity index (χ4n) is 5.27. The maximum atomic E-state index is 14.4. The van der Waals surface area contributed by atoms with Crippen LogP contribution in [0.2, 0.25) is 35.7 Å². The quantitative estimate of drug-likeness (QED) is 0.329. The first-order valence-corrected chi connectivity index (χ1v) is 16.0. The van der Waals surface area contributed by atoms with Crippen LogP contribution in [0.15, 0.2) is 42.5 Å². The van der Waals surface area contributed by atoms with Crippen molar-refractivity contribution in [2.75, 3.05) is 25.3 Å². The van der Waals surface area contributed by atoms with E-state index in [1.54, 1.807) is 24.1 Å². The summed E-state index contributed by atoms with van der Waals surface area (Å²) >= 11 is 12.7. The second-order valence-corrected chi connectivity index (χ2v) is 16.9. The second kappa shape index (κ2) is 9.74. The van der Waals surface area contributed by atoms with E-state index in [2.05, 4.69) is 19.6 Å². The predicted octanol–water partition coefficient (Wildman–Crippen LogP) is 6.05. The molecule has 0 unspecified atom stereocenters. The number of amides is 1. The lowest BCUT2D eigenvalue weighted by molar-refractivity contribution is -0.139. The van der Waals surface area contributed by atoms with Gasteiger partial charge < -0.3 is 9.47 Å². The van der Waals surface area contributed by atoms with Crippen LogP contribution in [0, 0.1) is 0 Å². The Labute approximate surface area is 212 Å². The normalized spacial score (nSPS) is 24.7. The smallest absolute Gasteiger partial charge is 0.242 e. The van der Waals surface area contributed by atoms with E-state index >= 15 is 0 Å². The first kappa shape index (κ1) is 25.4. The number of nitrogens with zero attached hydrogens (tertiary/aromatic N) is 1. The van der Waals surface area contributed by atoms with Crippen LogP contribution >= 0.6 is 23.2 Å². The molecule has 2 aliphatic rings. The van der Waals surface area contributed by atoms with E-state index in [1.165, 1.54) is 0 Å². The van der Waals surface area contributed by atoms with Crippen LogP contribution in [0.1, 0.15) is 29.9 Å². The standard InChI is InChI=1S/C26H31Cl2NO4Si/c1-32-24-15-20(30)14-22(17-6-5-7-18(27)12-17)26(24)21-9-8-19(28)13-23(21)29(25(26)31)16-33-10-11-34(2,3)4/h5-9,12-13,22,24H,10-11,14-16H2,1-4H3/t22-,24-,26-/m0/s1. The van der Waals surface area contributed by atoms with Gasteiger partial charge in [0.25, 0.3) is 0 Å². The van der Waals surface area contributed by atoms with E-state index in [0.717, 1.165) is 17.2 Å². The number of rotatable bonds is 7. The maximum Gasteiger partial charge on any atom is 0.242 e. The van der Waals surface area contributed by atoms with Gasteiger partial charge in [0, 0.05) is 50.6 Å². The van der Waals surface area contributed by atoms with Crippen molar-refractivity contribution >= 4 is 48.7 Å². The number of Topliss-reactive ketones (excluding diaryl/α,β-unsaturated/α-hetero) is 1. The van der Waals surface area contributed by atoms with Gasteiger partial charge in [-0.25, -0.2) is 0 Å². The number of ether oxygens (including phenoxy) is 2. The third-order valence-electron chi connectivity index (χ3n) is 6.95. The van der Waals surface area contributed by atoms with E-state index in [-0.39, 0.29) is 31.3 Å². The Bertz CT molecular complexity index is 1100. The van der Waals surface area contributed by atoms with E-state index in [1.807, 2.05) is 30.3 Å². The molecule has 1 spiro atoms. The molecule has 8 heteroatoms. The number of carbonyl (C=O) groups excluding carboxylic acids is 2. The molecular formula is C26H31Cl2NO4Si. The van der Waals surface area contributed by atoms with Gasteiger partial charge in [-0.2, -0.15) is 0 Å². The lowest BCUT2D eigenvalue weighted by Crippen LogP contribution is -2.57. The molecule has 0 saturated heterocycles. The van der Waals surface area contributed by atoms with Crippen LogP contribution < -0.4 is 4.90 Å². The first-order chi connectivity index (χ1) is 16.1. The second-order valence-electron chi connectivity index (χ2n) is 10.4. The Morgan fingerprint density at radius 1 is 1.06 bits per heavy atom. The number of benzene rings is 2. The van der Waals surface area contributed by atoms with Crippen molar-refractivity contribution < 1.29 is 19.1 Å². The molecule has 5 nitrogen and oxygen atoms in total. The maximum absolute atomic E-state index is 14.4. The van der Waals surface area contributed by atoms with Gasteiger partial charge >= 0.3 is 0 Å². The summed E-state index contributed by atoms with van der Waals surface area (Å²) in [6.45, 7) is 7.59. The molecule has 2 aromatic rings. The topological polar surface area (TPSA) is 55.8 Å². The highest BCUT2D eigenvalue weighted by Gasteiger charge is 2.63. The van der Waals surface area contributed by atoms with Crippen molar-refractivity contribution in [2.45, 2.75) is 56.0 Å². The van der Waals surface area contributed by atoms with Crippen molar-refractivity contribution in [2.24, 2.45) is 0 Å². The molecule has 1 fully saturated rings. The number of ketones is 1. The lowest BCUT2D eigenvalue weighted by Gasteiger charge is -2.45. The number of hydrogen-bond donors (Lipinski definition) is 0. The highest BCUT2D eigenvalue weighted by atomic mass is 35.5. The third kappa shape index (κ3) is 4.59. The number of methoxy groups -OCH3 is 1. The van der Waals surface area contributed by atoms with Crippen molar-refractivity contribution in [1.82, 2.24) is 0 Å². The van der Waals surface area contributed by atoms with Crippen molar-refractivity contribution in [3.8, 4) is 0 Å². The molecular weight excluding hydrogens is 489 g/mol. The Hall–Kier alpha value is -1.70. The van der Waals surface area contributed by atoms with Crippen molar-refractivity contribution in [3.05, 3.63) is 63.6 Å². The molecule has 2 aromatic carbocycles. The fourth-order valence-corrected chi connectivity index (χ4v) is 6.40. The number of halogens is 2. The van der Waals surface area contributed by atoms with Gasteiger partial charge in [-0.05, 0) is 41.4 Å². The first-order valence-electron chi connectivity index (χ1n) is 11.6. The van der Waals surface area contributed by atoms with Gasteiger partial charge in [-0.15, -0.1) is 0 Å². The summed E-state index contributed by atoms with van der Waals surface area (Å²) in [7, 11) is 0.291. The van der Waals surface area contributed by atoms with Crippen molar-refractivity contribution in [1.29, 1.82) is 0 Å². The van der Waals surface area contributed by atoms with E-state index < -0.39 is 25.5 Å². The monoisotopic (exact) mass is 519 g/mol. The van der Waals surface area contributed by atoms with Crippen molar-refractivity contribution in [3.63, 3.8) is 0 Å². The highest BCUT2D eigenvalue weighted by Crippen LogP contribution is 2.57. The zero-order chi connectivity index (χ0) is 24.7. The Balaban J connectivity index is 1.81. The molecule has 4 rings (SSSR count). The predicted molar refractivity (Wildman–Crippen MR) is 139 cm³/mol. The Morgan fingerprint density at radius 3 is 2.47 bits per heavy atom. The molecule has 34 heavy (non-hydrogen) atoms. The molecule has 0 N–H and O–H groups in total. The molecule has 1 heterocycles. The number of hydrogen-bond acceptors (Lipinski definition) is 4. The van der Waals surface area contributed by atoms with Gasteiger partial charge in [0.15, 0.2) is 0 Å².